The van der Waals surface area contributed by atoms with Gasteiger partial charge in [-0.15, -0.1) is 0 Å². The minimum absolute atomic E-state index is 0.213. The number of ether oxygens (including phenoxy) is 1. The van der Waals surface area contributed by atoms with Gasteiger partial charge in [0.1, 0.15) is 5.03 Å². The molecule has 0 saturated heterocycles. The Labute approximate surface area is 79.9 Å². The Morgan fingerprint density at radius 1 is 1.77 bits per heavy atom. The summed E-state index contributed by atoms with van der Waals surface area (Å²) in [5, 5.41) is 9.25. The molecule has 0 bridgehead atoms. The maximum atomic E-state index is 10.7. The first-order chi connectivity index (χ1) is 6.25. The summed E-state index contributed by atoms with van der Waals surface area (Å²) in [5.74, 6) is -0.566. The van der Waals surface area contributed by atoms with Crippen LogP contribution in [0, 0.1) is 0 Å². The van der Waals surface area contributed by atoms with Crippen LogP contribution in [0.25, 0.3) is 0 Å². The average Bonchev–Trinajstić information content (AvgIpc) is 2.15. The summed E-state index contributed by atoms with van der Waals surface area (Å²) in [4.78, 5) is 14.6. The van der Waals surface area contributed by atoms with Gasteiger partial charge >= 0.3 is 5.97 Å². The van der Waals surface area contributed by atoms with Crippen LogP contribution in [0.3, 0.4) is 0 Å². The van der Waals surface area contributed by atoms with Crippen LogP contribution in [0.2, 0.25) is 0 Å². The van der Waals surface area contributed by atoms with Crippen LogP contribution in [0.15, 0.2) is 23.4 Å². The van der Waals surface area contributed by atoms with Crippen molar-refractivity contribution in [1.29, 1.82) is 0 Å². The highest BCUT2D eigenvalue weighted by Gasteiger charge is 2.09. The fraction of sp³-hybridized carbons (Fsp3) is 0.250. The van der Waals surface area contributed by atoms with Gasteiger partial charge in [0.05, 0.1) is 11.5 Å². The van der Waals surface area contributed by atoms with Gasteiger partial charge in [-0.2, -0.15) is 0 Å². The number of hydrogen-bond acceptors (Lipinski definition) is 4. The smallest absolute Gasteiger partial charge is 0.338 e. The second-order valence-corrected chi connectivity index (χ2v) is 3.12. The van der Waals surface area contributed by atoms with Gasteiger partial charge in [-0.3, -0.25) is 0 Å². The lowest BCUT2D eigenvalue weighted by molar-refractivity contribution is 0.0692. The second-order valence-electron chi connectivity index (χ2n) is 2.21. The molecule has 0 fully saturated rings. The van der Waals surface area contributed by atoms with E-state index >= 15 is 0 Å². The third-order valence-corrected chi connectivity index (χ3v) is 2.27. The zero-order valence-corrected chi connectivity index (χ0v) is 7.87. The van der Waals surface area contributed by atoms with E-state index in [0.717, 1.165) is 0 Å². The van der Waals surface area contributed by atoms with Gasteiger partial charge in [-0.1, -0.05) is 11.8 Å². The molecule has 0 aliphatic heterocycles. The predicted molar refractivity (Wildman–Crippen MR) is 48.9 cm³/mol. The molecule has 1 aromatic rings. The van der Waals surface area contributed by atoms with E-state index in [0.29, 0.717) is 11.0 Å². The third-order valence-electron chi connectivity index (χ3n) is 1.32. The normalized spacial score (nSPS) is 9.92. The molecule has 0 spiro atoms. The van der Waals surface area contributed by atoms with Crippen LogP contribution in [0.5, 0.6) is 0 Å². The van der Waals surface area contributed by atoms with Crippen LogP contribution in [-0.4, -0.2) is 29.1 Å². The summed E-state index contributed by atoms with van der Waals surface area (Å²) < 4.78 is 4.81. The predicted octanol–water partition coefficient (Wildman–Crippen LogP) is 1.48. The zero-order chi connectivity index (χ0) is 9.68. The van der Waals surface area contributed by atoms with E-state index < -0.39 is 5.97 Å². The minimum atomic E-state index is -0.966. The van der Waals surface area contributed by atoms with E-state index in [4.69, 9.17) is 9.84 Å². The summed E-state index contributed by atoms with van der Waals surface area (Å²) in [6.45, 7) is 0. The molecule has 1 aromatic heterocycles. The maximum Gasteiger partial charge on any atom is 0.338 e. The molecule has 0 atom stereocenters. The molecule has 4 nitrogen and oxygen atoms in total. The van der Waals surface area contributed by atoms with Crippen molar-refractivity contribution in [2.45, 2.75) is 5.03 Å². The van der Waals surface area contributed by atoms with Crippen LogP contribution in [0.1, 0.15) is 10.4 Å². The highest BCUT2D eigenvalue weighted by molar-refractivity contribution is 7.99. The monoisotopic (exact) mass is 199 g/mol. The zero-order valence-electron chi connectivity index (χ0n) is 7.06. The standard InChI is InChI=1S/C8H9NO3S/c1-12-5-13-7-6(8(10)11)3-2-4-9-7/h2-4H,5H2,1H3,(H,10,11). The lowest BCUT2D eigenvalue weighted by atomic mass is 10.3. The third kappa shape index (κ3) is 2.71. The second kappa shape index (κ2) is 4.84. The molecule has 0 aliphatic carbocycles. The van der Waals surface area contributed by atoms with Crippen molar-refractivity contribution < 1.29 is 14.6 Å². The van der Waals surface area contributed by atoms with Gasteiger partial charge < -0.3 is 9.84 Å². The first-order valence-electron chi connectivity index (χ1n) is 3.55. The Bertz CT molecular complexity index is 303. The molecular weight excluding hydrogens is 190 g/mol. The number of thioether (sulfide) groups is 1. The highest BCUT2D eigenvalue weighted by atomic mass is 32.2. The van der Waals surface area contributed by atoms with Gasteiger partial charge in [0.25, 0.3) is 0 Å². The largest absolute Gasteiger partial charge is 0.478 e. The molecule has 13 heavy (non-hydrogen) atoms. The van der Waals surface area contributed by atoms with Crippen LogP contribution in [0.4, 0.5) is 0 Å². The number of hydrogen-bond donors (Lipinski definition) is 1. The first-order valence-corrected chi connectivity index (χ1v) is 4.54. The molecule has 1 heterocycles. The van der Waals surface area contributed by atoms with Gasteiger partial charge in [-0.25, -0.2) is 9.78 Å². The Morgan fingerprint density at radius 2 is 2.54 bits per heavy atom. The van der Waals surface area contributed by atoms with Crippen molar-refractivity contribution in [2.75, 3.05) is 13.0 Å². The first kappa shape index (κ1) is 10.0. The van der Waals surface area contributed by atoms with Crippen molar-refractivity contribution >= 4 is 17.7 Å². The van der Waals surface area contributed by atoms with Gasteiger partial charge in [0.2, 0.25) is 0 Å². The summed E-state index contributed by atoms with van der Waals surface area (Å²) >= 11 is 1.26. The number of carboxylic acids is 1. The van der Waals surface area contributed by atoms with Crippen molar-refractivity contribution in [1.82, 2.24) is 4.98 Å². The number of carbonyl (C=O) groups is 1. The molecule has 0 amide bonds. The van der Waals surface area contributed by atoms with Crippen molar-refractivity contribution in [3.8, 4) is 0 Å². The van der Waals surface area contributed by atoms with Crippen molar-refractivity contribution in [3.63, 3.8) is 0 Å². The summed E-state index contributed by atoms with van der Waals surface area (Å²) in [6, 6.07) is 3.12. The molecule has 0 aromatic carbocycles. The lowest BCUT2D eigenvalue weighted by Crippen LogP contribution is -2.00. The Hall–Kier alpha value is -1.07. The molecule has 5 heteroatoms. The molecule has 70 valence electrons. The Kier molecular flexibility index (Phi) is 3.72. The molecule has 0 radical (unpaired) electrons. The van der Waals surface area contributed by atoms with Crippen LogP contribution in [-0.2, 0) is 4.74 Å². The number of pyridine rings is 1. The molecule has 0 aliphatic rings. The summed E-state index contributed by atoms with van der Waals surface area (Å²) in [6.07, 6.45) is 1.56. The van der Waals surface area contributed by atoms with E-state index in [2.05, 4.69) is 4.98 Å². The molecule has 0 saturated carbocycles. The minimum Gasteiger partial charge on any atom is -0.478 e. The number of nitrogens with zero attached hydrogens (tertiary/aromatic N) is 1. The molecule has 1 rings (SSSR count). The van der Waals surface area contributed by atoms with E-state index in [-0.39, 0.29) is 5.56 Å². The number of methoxy groups -OCH3 is 1. The molecular formula is C8H9NO3S. The van der Waals surface area contributed by atoms with E-state index in [9.17, 15) is 4.79 Å². The number of aromatic carboxylic acids is 1. The fourth-order valence-corrected chi connectivity index (χ4v) is 1.46. The SMILES string of the molecule is COCSc1ncccc1C(=O)O. The molecule has 0 unspecified atom stereocenters. The van der Waals surface area contributed by atoms with Crippen LogP contribution < -0.4 is 0 Å². The van der Waals surface area contributed by atoms with E-state index in [1.807, 2.05) is 0 Å². The van der Waals surface area contributed by atoms with Gasteiger partial charge in [0.15, 0.2) is 0 Å². The van der Waals surface area contributed by atoms with Crippen LogP contribution >= 0.6 is 11.8 Å². The topological polar surface area (TPSA) is 59.4 Å². The Morgan fingerprint density at radius 3 is 3.15 bits per heavy atom. The van der Waals surface area contributed by atoms with E-state index in [1.165, 1.54) is 17.8 Å². The maximum absolute atomic E-state index is 10.7. The number of rotatable bonds is 4. The summed E-state index contributed by atoms with van der Waals surface area (Å²) in [7, 11) is 1.55. The average molecular weight is 199 g/mol. The highest BCUT2D eigenvalue weighted by Crippen LogP contribution is 2.19. The quantitative estimate of drug-likeness (QED) is 0.588. The lowest BCUT2D eigenvalue weighted by Gasteiger charge is -2.02. The molecule has 1 N–H and O–H groups in total. The number of carboxylic acid groups (broad SMARTS) is 1. The van der Waals surface area contributed by atoms with Gasteiger partial charge in [-0.05, 0) is 12.1 Å². The fourth-order valence-electron chi connectivity index (χ4n) is 0.783. The van der Waals surface area contributed by atoms with E-state index in [1.54, 1.807) is 19.4 Å². The van der Waals surface area contributed by atoms with Gasteiger partial charge in [0, 0.05) is 13.3 Å². The number of aromatic nitrogens is 1. The van der Waals surface area contributed by atoms with Crippen molar-refractivity contribution in [3.05, 3.63) is 23.9 Å². The summed E-state index contributed by atoms with van der Waals surface area (Å²) in [5.41, 5.74) is 0.213. The van der Waals surface area contributed by atoms with Crippen molar-refractivity contribution in [2.24, 2.45) is 0 Å². The Balaban J connectivity index is 2.84.